The summed E-state index contributed by atoms with van der Waals surface area (Å²) in [5, 5.41) is 0. The van der Waals surface area contributed by atoms with E-state index in [9.17, 15) is 8.42 Å². The topological polar surface area (TPSA) is 104 Å². The molecule has 0 aliphatic rings. The molecule has 3 rings (SSSR count). The Morgan fingerprint density at radius 3 is 2.70 bits per heavy atom. The van der Waals surface area contributed by atoms with Crippen molar-refractivity contribution in [2.75, 3.05) is 11.5 Å². The van der Waals surface area contributed by atoms with Gasteiger partial charge >= 0.3 is 0 Å². The number of nitrogens with zero attached hydrogens (tertiary/aromatic N) is 4. The summed E-state index contributed by atoms with van der Waals surface area (Å²) in [6, 6.07) is 4.82. The van der Waals surface area contributed by atoms with E-state index in [2.05, 4.69) is 15.0 Å². The fourth-order valence-corrected chi connectivity index (χ4v) is 3.45. The Hall–Kier alpha value is -2.48. The highest BCUT2D eigenvalue weighted by Gasteiger charge is 2.23. The lowest BCUT2D eigenvalue weighted by atomic mass is 10.3. The lowest BCUT2D eigenvalue weighted by molar-refractivity contribution is 0.597. The Kier molecular flexibility index (Phi) is 3.56. The fourth-order valence-electron chi connectivity index (χ4n) is 2.43. The molecular weight excluding hydrogens is 314 g/mol. The van der Waals surface area contributed by atoms with Crippen LogP contribution in [0.1, 0.15) is 12.6 Å². The summed E-state index contributed by atoms with van der Waals surface area (Å²) in [4.78, 5) is 13.2. The number of pyridine rings is 2. The van der Waals surface area contributed by atoms with Gasteiger partial charge in [-0.15, -0.1) is 0 Å². The molecule has 0 unspecified atom stereocenters. The maximum absolute atomic E-state index is 12.4. The number of aromatic nitrogens is 4. The van der Waals surface area contributed by atoms with E-state index in [-0.39, 0.29) is 22.2 Å². The molecule has 0 saturated carbocycles. The number of nitrogens with two attached hydrogens (primary N) is 1. The van der Waals surface area contributed by atoms with E-state index in [1.165, 1.54) is 12.1 Å². The number of nitrogen functional groups attached to an aromatic ring is 1. The van der Waals surface area contributed by atoms with Crippen molar-refractivity contribution in [2.45, 2.75) is 18.7 Å². The number of hydrogen-bond acceptors (Lipinski definition) is 6. The molecule has 0 aromatic carbocycles. The molecule has 0 saturated heterocycles. The first kappa shape index (κ1) is 15.4. The number of aryl methyl sites for hydroxylation is 2. The summed E-state index contributed by atoms with van der Waals surface area (Å²) in [5.74, 6) is 0.680. The molecule has 2 N–H and O–H groups in total. The number of sulfone groups is 1. The third kappa shape index (κ3) is 2.55. The second-order valence-corrected chi connectivity index (χ2v) is 7.54. The van der Waals surface area contributed by atoms with E-state index in [1.807, 2.05) is 13.0 Å². The molecule has 8 heteroatoms. The monoisotopic (exact) mass is 331 g/mol. The van der Waals surface area contributed by atoms with Gasteiger partial charge in [0.2, 0.25) is 0 Å². The van der Waals surface area contributed by atoms with Gasteiger partial charge in [-0.1, -0.05) is 6.92 Å². The third-order valence-corrected chi connectivity index (χ3v) is 5.47. The lowest BCUT2D eigenvalue weighted by Crippen LogP contribution is -2.09. The number of anilines is 1. The minimum absolute atomic E-state index is 0.0177. The molecule has 0 amide bonds. The second kappa shape index (κ2) is 5.31. The zero-order valence-electron chi connectivity index (χ0n) is 13.1. The predicted octanol–water partition coefficient (Wildman–Crippen LogP) is 1.71. The number of hydrogen-bond donors (Lipinski definition) is 1. The van der Waals surface area contributed by atoms with Crippen molar-refractivity contribution in [3.05, 3.63) is 30.1 Å². The molecule has 0 bridgehead atoms. The van der Waals surface area contributed by atoms with Crippen LogP contribution in [0.4, 0.5) is 5.82 Å². The zero-order chi connectivity index (χ0) is 16.8. The summed E-state index contributed by atoms with van der Waals surface area (Å²) in [7, 11) is -1.64. The highest BCUT2D eigenvalue weighted by molar-refractivity contribution is 7.91. The van der Waals surface area contributed by atoms with E-state index in [4.69, 9.17) is 5.73 Å². The summed E-state index contributed by atoms with van der Waals surface area (Å²) < 4.78 is 26.5. The van der Waals surface area contributed by atoms with E-state index in [1.54, 1.807) is 24.7 Å². The van der Waals surface area contributed by atoms with E-state index in [0.717, 1.165) is 16.7 Å². The predicted molar refractivity (Wildman–Crippen MR) is 88.6 cm³/mol. The molecule has 3 heterocycles. The van der Waals surface area contributed by atoms with Gasteiger partial charge in [0, 0.05) is 12.7 Å². The number of rotatable bonds is 3. The van der Waals surface area contributed by atoms with Crippen LogP contribution >= 0.6 is 0 Å². The largest absolute Gasteiger partial charge is 0.384 e. The van der Waals surface area contributed by atoms with Gasteiger partial charge in [-0.2, -0.15) is 0 Å². The van der Waals surface area contributed by atoms with Crippen LogP contribution in [0.5, 0.6) is 0 Å². The second-order valence-electron chi connectivity index (χ2n) is 5.30. The molecular formula is C15H17N5O2S. The molecule has 0 radical (unpaired) electrons. The molecule has 7 nitrogen and oxygen atoms in total. The molecule has 0 spiro atoms. The van der Waals surface area contributed by atoms with Crippen LogP contribution in [0.15, 0.2) is 29.3 Å². The van der Waals surface area contributed by atoms with Crippen molar-refractivity contribution < 1.29 is 8.42 Å². The Bertz CT molecular complexity index is 1010. The summed E-state index contributed by atoms with van der Waals surface area (Å²) in [6.45, 7) is 3.47. The van der Waals surface area contributed by atoms with Gasteiger partial charge in [0.25, 0.3) is 0 Å². The van der Waals surface area contributed by atoms with Crippen molar-refractivity contribution in [3.63, 3.8) is 0 Å². The SMILES string of the molecule is CCS(=O)(=O)c1ccc(N)nc1-c1nc2cc(C)ncc2n1C. The molecule has 0 fully saturated rings. The van der Waals surface area contributed by atoms with Gasteiger partial charge < -0.3 is 10.3 Å². The standard InChI is InChI=1S/C15H17N5O2S/c1-4-23(21,22)12-5-6-13(16)19-14(12)15-18-10-7-9(2)17-8-11(10)20(15)3/h5-8H,4H2,1-3H3,(H2,16,19). The minimum atomic E-state index is -3.44. The molecule has 0 aliphatic heterocycles. The van der Waals surface area contributed by atoms with Gasteiger partial charge in [-0.25, -0.2) is 18.4 Å². The normalized spacial score (nSPS) is 12.0. The average molecular weight is 331 g/mol. The molecule has 3 aromatic heterocycles. The van der Waals surface area contributed by atoms with Crippen molar-refractivity contribution in [1.82, 2.24) is 19.5 Å². The molecule has 120 valence electrons. The van der Waals surface area contributed by atoms with Crippen LogP contribution in [-0.2, 0) is 16.9 Å². The maximum atomic E-state index is 12.4. The fraction of sp³-hybridized carbons (Fsp3) is 0.267. The molecule has 0 atom stereocenters. The van der Waals surface area contributed by atoms with Crippen LogP contribution in [0.2, 0.25) is 0 Å². The summed E-state index contributed by atoms with van der Waals surface area (Å²) in [6.07, 6.45) is 1.71. The lowest BCUT2D eigenvalue weighted by Gasteiger charge is -2.09. The minimum Gasteiger partial charge on any atom is -0.384 e. The van der Waals surface area contributed by atoms with Crippen molar-refractivity contribution in [3.8, 4) is 11.5 Å². The third-order valence-electron chi connectivity index (χ3n) is 3.71. The van der Waals surface area contributed by atoms with Crippen LogP contribution in [0.25, 0.3) is 22.6 Å². The molecule has 23 heavy (non-hydrogen) atoms. The Balaban J connectivity index is 2.35. The van der Waals surface area contributed by atoms with Crippen LogP contribution in [0, 0.1) is 6.92 Å². The highest BCUT2D eigenvalue weighted by Crippen LogP contribution is 2.29. The van der Waals surface area contributed by atoms with Crippen molar-refractivity contribution in [1.29, 1.82) is 0 Å². The van der Waals surface area contributed by atoms with Crippen molar-refractivity contribution >= 4 is 26.7 Å². The first-order valence-electron chi connectivity index (χ1n) is 7.12. The Morgan fingerprint density at radius 1 is 1.26 bits per heavy atom. The quantitative estimate of drug-likeness (QED) is 0.783. The van der Waals surface area contributed by atoms with Crippen molar-refractivity contribution in [2.24, 2.45) is 7.05 Å². The smallest absolute Gasteiger partial charge is 0.180 e. The van der Waals surface area contributed by atoms with Crippen LogP contribution in [0.3, 0.4) is 0 Å². The summed E-state index contributed by atoms with van der Waals surface area (Å²) in [5.41, 5.74) is 8.40. The van der Waals surface area contributed by atoms with Gasteiger partial charge in [-0.3, -0.25) is 4.98 Å². The van der Waals surface area contributed by atoms with E-state index >= 15 is 0 Å². The number of imidazole rings is 1. The van der Waals surface area contributed by atoms with E-state index in [0.29, 0.717) is 5.82 Å². The Morgan fingerprint density at radius 2 is 2.00 bits per heavy atom. The van der Waals surface area contributed by atoms with Gasteiger partial charge in [0.1, 0.15) is 11.5 Å². The first-order chi connectivity index (χ1) is 10.8. The molecule has 0 aliphatic carbocycles. The van der Waals surface area contributed by atoms with Crippen LogP contribution < -0.4 is 5.73 Å². The molecule has 3 aromatic rings. The zero-order valence-corrected chi connectivity index (χ0v) is 13.9. The van der Waals surface area contributed by atoms with Gasteiger partial charge in [0.05, 0.1) is 27.9 Å². The maximum Gasteiger partial charge on any atom is 0.180 e. The highest BCUT2D eigenvalue weighted by atomic mass is 32.2. The van der Waals surface area contributed by atoms with Gasteiger partial charge in [-0.05, 0) is 25.1 Å². The summed E-state index contributed by atoms with van der Waals surface area (Å²) >= 11 is 0. The van der Waals surface area contributed by atoms with Crippen LogP contribution in [-0.4, -0.2) is 33.7 Å². The first-order valence-corrected chi connectivity index (χ1v) is 8.77. The number of fused-ring (bicyclic) bond motifs is 1. The van der Waals surface area contributed by atoms with Gasteiger partial charge in [0.15, 0.2) is 15.7 Å². The van der Waals surface area contributed by atoms with E-state index < -0.39 is 9.84 Å². The Labute approximate surface area is 134 Å². The average Bonchev–Trinajstić information content (AvgIpc) is 2.83.